The van der Waals surface area contributed by atoms with Crippen molar-refractivity contribution in [2.75, 3.05) is 6.61 Å². The Morgan fingerprint density at radius 1 is 1.25 bits per heavy atom. The summed E-state index contributed by atoms with van der Waals surface area (Å²) in [5, 5.41) is 18.4. The van der Waals surface area contributed by atoms with Gasteiger partial charge in [0.1, 0.15) is 12.4 Å². The topological polar surface area (TPSA) is 49.7 Å². The fraction of sp³-hybridized carbons (Fsp3) is 0.111. The van der Waals surface area contributed by atoms with Gasteiger partial charge in [0.2, 0.25) is 0 Å². The molecule has 0 spiro atoms. The molecule has 3 nitrogen and oxygen atoms in total. The molecular formula is C9H8O3. The molecule has 3 heteroatoms. The SMILES string of the molecule is OC1=Cc2cccc(O)c2OC1. The Labute approximate surface area is 69.5 Å². The van der Waals surface area contributed by atoms with Crippen molar-refractivity contribution in [3.63, 3.8) is 0 Å². The maximum absolute atomic E-state index is 9.31. The summed E-state index contributed by atoms with van der Waals surface area (Å²) < 4.78 is 5.10. The van der Waals surface area contributed by atoms with E-state index in [1.54, 1.807) is 24.3 Å². The quantitative estimate of drug-likeness (QED) is 0.613. The monoisotopic (exact) mass is 164 g/mol. The molecule has 0 unspecified atom stereocenters. The third kappa shape index (κ3) is 0.993. The average Bonchev–Trinajstić information content (AvgIpc) is 2.04. The van der Waals surface area contributed by atoms with Crippen LogP contribution >= 0.6 is 0 Å². The lowest BCUT2D eigenvalue weighted by Crippen LogP contribution is -2.06. The minimum atomic E-state index is 0.108. The number of rotatable bonds is 0. The van der Waals surface area contributed by atoms with E-state index < -0.39 is 0 Å². The molecule has 12 heavy (non-hydrogen) atoms. The van der Waals surface area contributed by atoms with Crippen LogP contribution in [0.3, 0.4) is 0 Å². The summed E-state index contributed by atoms with van der Waals surface area (Å²) in [6.45, 7) is 0.130. The Bertz CT molecular complexity index is 342. The van der Waals surface area contributed by atoms with Crippen LogP contribution in [0, 0.1) is 0 Å². The molecule has 2 N–H and O–H groups in total. The van der Waals surface area contributed by atoms with Gasteiger partial charge in [0.05, 0.1) is 0 Å². The first-order valence-corrected chi connectivity index (χ1v) is 3.61. The van der Waals surface area contributed by atoms with Gasteiger partial charge >= 0.3 is 0 Å². The Kier molecular flexibility index (Phi) is 1.43. The molecule has 1 aliphatic heterocycles. The summed E-state index contributed by atoms with van der Waals surface area (Å²) in [6, 6.07) is 5.02. The third-order valence-electron chi connectivity index (χ3n) is 1.71. The highest BCUT2D eigenvalue weighted by molar-refractivity contribution is 5.64. The second-order valence-electron chi connectivity index (χ2n) is 2.62. The van der Waals surface area contributed by atoms with Crippen molar-refractivity contribution in [2.45, 2.75) is 0 Å². The highest BCUT2D eigenvalue weighted by Crippen LogP contribution is 2.33. The Morgan fingerprint density at radius 2 is 2.08 bits per heavy atom. The summed E-state index contributed by atoms with van der Waals surface area (Å²) in [5.41, 5.74) is 0.707. The van der Waals surface area contributed by atoms with Crippen LogP contribution in [0.1, 0.15) is 5.56 Å². The molecule has 1 aromatic carbocycles. The van der Waals surface area contributed by atoms with Crippen LogP contribution in [0.15, 0.2) is 24.0 Å². The summed E-state index contributed by atoms with van der Waals surface area (Å²) in [6.07, 6.45) is 1.58. The molecular weight excluding hydrogens is 156 g/mol. The van der Waals surface area contributed by atoms with Gasteiger partial charge in [-0.3, -0.25) is 0 Å². The molecule has 1 aliphatic rings. The van der Waals surface area contributed by atoms with Crippen LogP contribution in [0.2, 0.25) is 0 Å². The van der Waals surface area contributed by atoms with Gasteiger partial charge in [-0.15, -0.1) is 0 Å². The first-order chi connectivity index (χ1) is 5.77. The zero-order chi connectivity index (χ0) is 8.55. The summed E-state index contributed by atoms with van der Waals surface area (Å²) in [5.74, 6) is 0.722. The van der Waals surface area contributed by atoms with Gasteiger partial charge in [0.25, 0.3) is 0 Å². The third-order valence-corrected chi connectivity index (χ3v) is 1.71. The van der Waals surface area contributed by atoms with Crippen LogP contribution in [0.25, 0.3) is 6.08 Å². The average molecular weight is 164 g/mol. The molecule has 1 heterocycles. The van der Waals surface area contributed by atoms with E-state index in [9.17, 15) is 5.11 Å². The van der Waals surface area contributed by atoms with Crippen molar-refractivity contribution in [2.24, 2.45) is 0 Å². The molecule has 62 valence electrons. The molecule has 1 aromatic rings. The normalized spacial score (nSPS) is 14.5. The van der Waals surface area contributed by atoms with E-state index in [-0.39, 0.29) is 18.1 Å². The van der Waals surface area contributed by atoms with Crippen LogP contribution in [-0.4, -0.2) is 16.8 Å². The van der Waals surface area contributed by atoms with Crippen molar-refractivity contribution >= 4 is 6.08 Å². The summed E-state index contributed by atoms with van der Waals surface area (Å²) >= 11 is 0. The van der Waals surface area contributed by atoms with E-state index in [4.69, 9.17) is 9.84 Å². The second kappa shape index (κ2) is 2.44. The van der Waals surface area contributed by atoms with Gasteiger partial charge < -0.3 is 14.9 Å². The fourth-order valence-corrected chi connectivity index (χ4v) is 1.18. The first kappa shape index (κ1) is 7.03. The van der Waals surface area contributed by atoms with Crippen LogP contribution < -0.4 is 4.74 Å². The lowest BCUT2D eigenvalue weighted by molar-refractivity contribution is 0.258. The van der Waals surface area contributed by atoms with Gasteiger partial charge in [0.15, 0.2) is 11.5 Å². The van der Waals surface area contributed by atoms with E-state index in [1.807, 2.05) is 0 Å². The molecule has 0 radical (unpaired) electrons. The van der Waals surface area contributed by atoms with Crippen LogP contribution in [0.4, 0.5) is 0 Å². The number of para-hydroxylation sites is 1. The Balaban J connectivity index is 2.57. The minimum absolute atomic E-state index is 0.108. The van der Waals surface area contributed by atoms with Crippen molar-refractivity contribution in [3.05, 3.63) is 29.5 Å². The van der Waals surface area contributed by atoms with E-state index in [0.29, 0.717) is 11.3 Å². The fourth-order valence-electron chi connectivity index (χ4n) is 1.18. The highest BCUT2D eigenvalue weighted by Gasteiger charge is 2.13. The van der Waals surface area contributed by atoms with Gasteiger partial charge in [-0.1, -0.05) is 12.1 Å². The summed E-state index contributed by atoms with van der Waals surface area (Å²) in [4.78, 5) is 0. The molecule has 0 aromatic heterocycles. The van der Waals surface area contributed by atoms with Crippen LogP contribution in [-0.2, 0) is 0 Å². The van der Waals surface area contributed by atoms with E-state index in [0.717, 1.165) is 0 Å². The summed E-state index contributed by atoms with van der Waals surface area (Å²) in [7, 11) is 0. The molecule has 0 amide bonds. The molecule has 0 aliphatic carbocycles. The predicted molar refractivity (Wildman–Crippen MR) is 44.2 cm³/mol. The first-order valence-electron chi connectivity index (χ1n) is 3.61. The Hall–Kier alpha value is -1.64. The van der Waals surface area contributed by atoms with E-state index in [1.165, 1.54) is 0 Å². The second-order valence-corrected chi connectivity index (χ2v) is 2.62. The molecule has 0 bridgehead atoms. The van der Waals surface area contributed by atoms with Crippen LogP contribution in [0.5, 0.6) is 11.5 Å². The minimum Gasteiger partial charge on any atom is -0.509 e. The van der Waals surface area contributed by atoms with Crippen molar-refractivity contribution in [1.82, 2.24) is 0 Å². The zero-order valence-corrected chi connectivity index (χ0v) is 6.32. The molecule has 0 saturated heterocycles. The molecule has 0 fully saturated rings. The molecule has 0 atom stereocenters. The number of aliphatic hydroxyl groups is 1. The van der Waals surface area contributed by atoms with Gasteiger partial charge in [-0.2, -0.15) is 0 Å². The molecule has 2 rings (SSSR count). The maximum Gasteiger partial charge on any atom is 0.168 e. The van der Waals surface area contributed by atoms with Gasteiger partial charge in [-0.25, -0.2) is 0 Å². The van der Waals surface area contributed by atoms with Crippen molar-refractivity contribution in [1.29, 1.82) is 0 Å². The number of fused-ring (bicyclic) bond motifs is 1. The number of aliphatic hydroxyl groups excluding tert-OH is 1. The van der Waals surface area contributed by atoms with Crippen molar-refractivity contribution in [3.8, 4) is 11.5 Å². The van der Waals surface area contributed by atoms with Gasteiger partial charge in [-0.05, 0) is 12.1 Å². The maximum atomic E-state index is 9.31. The lowest BCUT2D eigenvalue weighted by atomic mass is 10.1. The zero-order valence-electron chi connectivity index (χ0n) is 6.32. The van der Waals surface area contributed by atoms with Gasteiger partial charge in [0, 0.05) is 5.56 Å². The molecule has 0 saturated carbocycles. The number of aromatic hydroxyl groups is 1. The highest BCUT2D eigenvalue weighted by atomic mass is 16.5. The predicted octanol–water partition coefficient (Wildman–Crippen LogP) is 1.68. The smallest absolute Gasteiger partial charge is 0.168 e. The number of hydrogen-bond acceptors (Lipinski definition) is 3. The number of hydrogen-bond donors (Lipinski definition) is 2. The number of benzene rings is 1. The van der Waals surface area contributed by atoms with Crippen molar-refractivity contribution < 1.29 is 14.9 Å². The van der Waals surface area contributed by atoms with E-state index in [2.05, 4.69) is 0 Å². The number of ether oxygens (including phenoxy) is 1. The Morgan fingerprint density at radius 3 is 2.92 bits per heavy atom. The number of phenolic OH excluding ortho intramolecular Hbond substituents is 1. The lowest BCUT2D eigenvalue weighted by Gasteiger charge is -2.15. The van der Waals surface area contributed by atoms with E-state index >= 15 is 0 Å². The standard InChI is InChI=1S/C9H8O3/c10-7-4-6-2-1-3-8(11)9(6)12-5-7/h1-4,10-11H,5H2. The number of phenols is 1. The largest absolute Gasteiger partial charge is 0.509 e.